The molecule has 86 valence electrons. The van der Waals surface area contributed by atoms with E-state index in [0.29, 0.717) is 12.1 Å². The van der Waals surface area contributed by atoms with Gasteiger partial charge in [-0.3, -0.25) is 20.2 Å². The summed E-state index contributed by atoms with van der Waals surface area (Å²) in [7, 11) is 0. The molecular weight excluding hydrogens is 236 g/mol. The zero-order chi connectivity index (χ0) is 13.2. The molecule has 0 bridgehead atoms. The predicted molar refractivity (Wildman–Crippen MR) is 51.5 cm³/mol. The normalized spacial score (nSPS) is 9.35. The average Bonchev–Trinajstić information content (AvgIpc) is 2.26. The van der Waals surface area contributed by atoms with E-state index in [0.717, 1.165) is 0 Å². The molecule has 0 aliphatic heterocycles. The van der Waals surface area contributed by atoms with E-state index < -0.39 is 38.4 Å². The largest absolute Gasteiger partial charge is 0.536 e. The Bertz CT molecular complexity index is 539. The Kier molecular flexibility index (Phi) is 2.95. The van der Waals surface area contributed by atoms with E-state index in [-0.39, 0.29) is 0 Å². The van der Waals surface area contributed by atoms with Gasteiger partial charge in [-0.2, -0.15) is 0 Å². The first-order valence-corrected chi connectivity index (χ1v) is 3.93. The van der Waals surface area contributed by atoms with Gasteiger partial charge in [0.2, 0.25) is 5.39 Å². The van der Waals surface area contributed by atoms with Crippen molar-refractivity contribution >= 4 is 23.0 Å². The molecule has 0 spiro atoms. The highest BCUT2D eigenvalue weighted by Crippen LogP contribution is 2.38. The van der Waals surface area contributed by atoms with E-state index in [9.17, 15) is 25.0 Å². The molecule has 1 aromatic rings. The summed E-state index contributed by atoms with van der Waals surface area (Å²) in [6.07, 6.45) is 0. The van der Waals surface area contributed by atoms with Crippen molar-refractivity contribution in [1.29, 1.82) is 5.39 Å². The fourth-order valence-corrected chi connectivity index (χ4v) is 1.11. The zero-order valence-electron chi connectivity index (χ0n) is 7.93. The summed E-state index contributed by atoms with van der Waals surface area (Å²) >= 11 is 0. The van der Waals surface area contributed by atoms with Crippen molar-refractivity contribution < 1.29 is 19.7 Å². The van der Waals surface area contributed by atoms with Crippen LogP contribution in [0.15, 0.2) is 12.1 Å². The number of rotatable bonds is 3. The van der Waals surface area contributed by atoms with Crippen LogP contribution in [-0.4, -0.2) is 20.9 Å². The van der Waals surface area contributed by atoms with Gasteiger partial charge < -0.3 is 5.11 Å². The third kappa shape index (κ3) is 2.12. The number of carbonyl (C=O) groups is 1. The fourth-order valence-electron chi connectivity index (χ4n) is 1.11. The molecule has 0 aliphatic carbocycles. The van der Waals surface area contributed by atoms with Gasteiger partial charge >= 0.3 is 23.0 Å². The maximum atomic E-state index is 10.6. The third-order valence-corrected chi connectivity index (χ3v) is 1.81. The number of nitro benzene ring substituents is 2. The highest BCUT2D eigenvalue weighted by atomic mass is 16.6. The van der Waals surface area contributed by atoms with Crippen molar-refractivity contribution in [2.45, 2.75) is 0 Å². The Balaban J connectivity index is 3.71. The SMILES string of the molecule is N#[N+]c1c([N+](=O)[O-])cc(C(=O)O)cc1[N+](=O)[O-]. The molecule has 0 radical (unpaired) electrons. The molecule has 0 unspecified atom stereocenters. The van der Waals surface area contributed by atoms with E-state index in [1.165, 1.54) is 0 Å². The molecule has 0 fully saturated rings. The van der Waals surface area contributed by atoms with E-state index in [1.54, 1.807) is 0 Å². The van der Waals surface area contributed by atoms with Crippen LogP contribution in [0.5, 0.6) is 0 Å². The number of hydrogen-bond donors (Lipinski definition) is 1. The van der Waals surface area contributed by atoms with Crippen molar-refractivity contribution in [3.8, 4) is 0 Å². The monoisotopic (exact) mass is 239 g/mol. The minimum absolute atomic E-state index is 0.574. The minimum atomic E-state index is -1.57. The lowest BCUT2D eigenvalue weighted by Gasteiger charge is -1.94. The Hall–Kier alpha value is -3.09. The van der Waals surface area contributed by atoms with Gasteiger partial charge in [0.25, 0.3) is 0 Å². The molecule has 10 heteroatoms. The quantitative estimate of drug-likeness (QED) is 0.478. The van der Waals surface area contributed by atoms with Crippen molar-refractivity contribution in [1.82, 2.24) is 0 Å². The Labute approximate surface area is 92.0 Å². The van der Waals surface area contributed by atoms with Crippen LogP contribution < -0.4 is 0 Å². The Morgan fingerprint density at radius 2 is 1.65 bits per heavy atom. The van der Waals surface area contributed by atoms with Gasteiger partial charge in [0.05, 0.1) is 15.4 Å². The summed E-state index contributed by atoms with van der Waals surface area (Å²) in [6.45, 7) is 0. The summed E-state index contributed by atoms with van der Waals surface area (Å²) in [5.74, 6) is -1.57. The lowest BCUT2D eigenvalue weighted by atomic mass is 10.1. The second kappa shape index (κ2) is 4.19. The van der Waals surface area contributed by atoms with Gasteiger partial charge in [0.15, 0.2) is 4.98 Å². The maximum absolute atomic E-state index is 10.6. The van der Waals surface area contributed by atoms with Crippen molar-refractivity contribution in [2.24, 2.45) is 0 Å². The van der Waals surface area contributed by atoms with E-state index in [1.807, 2.05) is 0 Å². The van der Waals surface area contributed by atoms with Crippen molar-refractivity contribution in [2.75, 3.05) is 0 Å². The predicted octanol–water partition coefficient (Wildman–Crippen LogP) is 1.69. The molecule has 1 rings (SSSR count). The van der Waals surface area contributed by atoms with Crippen LogP contribution in [0.25, 0.3) is 4.98 Å². The van der Waals surface area contributed by atoms with E-state index in [4.69, 9.17) is 10.5 Å². The number of nitro groups is 2. The molecule has 10 nitrogen and oxygen atoms in total. The van der Waals surface area contributed by atoms with E-state index in [2.05, 4.69) is 4.98 Å². The molecule has 17 heavy (non-hydrogen) atoms. The average molecular weight is 239 g/mol. The second-order valence-corrected chi connectivity index (χ2v) is 2.78. The van der Waals surface area contributed by atoms with Gasteiger partial charge in [-0.25, -0.2) is 4.79 Å². The molecule has 0 saturated carbocycles. The molecule has 0 amide bonds. The third-order valence-electron chi connectivity index (χ3n) is 1.81. The van der Waals surface area contributed by atoms with Crippen LogP contribution in [0, 0.1) is 25.6 Å². The molecule has 0 aliphatic rings. The van der Waals surface area contributed by atoms with Crippen LogP contribution in [-0.2, 0) is 0 Å². The summed E-state index contributed by atoms with van der Waals surface area (Å²) in [4.78, 5) is 32.0. The number of carboxylic acid groups (broad SMARTS) is 1. The van der Waals surface area contributed by atoms with Gasteiger partial charge in [0, 0.05) is 12.1 Å². The summed E-state index contributed by atoms with van der Waals surface area (Å²) in [6, 6.07) is 1.15. The van der Waals surface area contributed by atoms with Gasteiger partial charge in [0.1, 0.15) is 0 Å². The zero-order valence-corrected chi connectivity index (χ0v) is 7.93. The van der Waals surface area contributed by atoms with Crippen LogP contribution in [0.1, 0.15) is 10.4 Å². The highest BCUT2D eigenvalue weighted by molar-refractivity contribution is 5.92. The van der Waals surface area contributed by atoms with Crippen LogP contribution in [0.3, 0.4) is 0 Å². The maximum Gasteiger partial charge on any atom is 0.536 e. The Morgan fingerprint density at radius 1 is 1.24 bits per heavy atom. The highest BCUT2D eigenvalue weighted by Gasteiger charge is 2.38. The molecule has 0 heterocycles. The van der Waals surface area contributed by atoms with Gasteiger partial charge in [-0.15, -0.1) is 0 Å². The van der Waals surface area contributed by atoms with Crippen molar-refractivity contribution in [3.05, 3.63) is 42.9 Å². The first-order chi connectivity index (χ1) is 7.88. The lowest BCUT2D eigenvalue weighted by Crippen LogP contribution is -2.01. The number of aromatic carboxylic acids is 1. The minimum Gasteiger partial charge on any atom is -0.478 e. The Morgan fingerprint density at radius 3 is 1.88 bits per heavy atom. The number of benzene rings is 1. The number of hydrogen-bond acceptors (Lipinski definition) is 6. The topological polar surface area (TPSA) is 152 Å². The molecule has 0 saturated heterocycles. The number of carboxylic acids is 1. The van der Waals surface area contributed by atoms with Gasteiger partial charge in [-0.1, -0.05) is 0 Å². The van der Waals surface area contributed by atoms with Crippen LogP contribution in [0.4, 0.5) is 17.1 Å². The molecule has 1 N–H and O–H groups in total. The standard InChI is InChI=1S/C7H2N4O6/c8-9-6-4(10(14)15)1-3(7(12)13)2-5(6)11(16)17/h1-2H/p+1. The number of nitrogens with zero attached hydrogens (tertiary/aromatic N) is 4. The second-order valence-electron chi connectivity index (χ2n) is 2.78. The molecular formula is C7H3N4O6+. The summed E-state index contributed by atoms with van der Waals surface area (Å²) in [5, 5.41) is 38.2. The summed E-state index contributed by atoms with van der Waals surface area (Å²) < 4.78 is 0. The smallest absolute Gasteiger partial charge is 0.478 e. The molecule has 1 aromatic carbocycles. The summed E-state index contributed by atoms with van der Waals surface area (Å²) in [5.41, 5.74) is -3.46. The number of diazo groups is 1. The first kappa shape index (κ1) is 12.0. The van der Waals surface area contributed by atoms with Crippen molar-refractivity contribution in [3.63, 3.8) is 0 Å². The fraction of sp³-hybridized carbons (Fsp3) is 0. The van der Waals surface area contributed by atoms with Crippen LogP contribution in [0.2, 0.25) is 0 Å². The molecule has 0 atom stereocenters. The lowest BCUT2D eigenvalue weighted by molar-refractivity contribution is -0.392. The van der Waals surface area contributed by atoms with E-state index >= 15 is 0 Å². The first-order valence-electron chi connectivity index (χ1n) is 3.93. The van der Waals surface area contributed by atoms with Crippen LogP contribution >= 0.6 is 0 Å². The molecule has 0 aromatic heterocycles. The van der Waals surface area contributed by atoms with Gasteiger partial charge in [-0.05, 0) is 0 Å².